The molecular formula is C25H19F3N4O. The van der Waals surface area contributed by atoms with Gasteiger partial charge in [0.1, 0.15) is 17.4 Å². The number of hydrogen-bond acceptors (Lipinski definition) is 4. The van der Waals surface area contributed by atoms with Crippen LogP contribution in [0.5, 0.6) is 0 Å². The van der Waals surface area contributed by atoms with E-state index >= 15 is 0 Å². The number of benzene rings is 2. The van der Waals surface area contributed by atoms with E-state index in [2.05, 4.69) is 16.9 Å². The van der Waals surface area contributed by atoms with Gasteiger partial charge in [0.2, 0.25) is 0 Å². The van der Waals surface area contributed by atoms with Crippen molar-refractivity contribution in [2.45, 2.75) is 12.8 Å². The van der Waals surface area contributed by atoms with Crippen molar-refractivity contribution in [1.82, 2.24) is 14.9 Å². The summed E-state index contributed by atoms with van der Waals surface area (Å²) in [6.07, 6.45) is 3.46. The van der Waals surface area contributed by atoms with Gasteiger partial charge in [0, 0.05) is 23.7 Å². The number of imidazole rings is 1. The van der Waals surface area contributed by atoms with Crippen molar-refractivity contribution in [1.29, 1.82) is 0 Å². The number of fused-ring (bicyclic) bond motifs is 1. The summed E-state index contributed by atoms with van der Waals surface area (Å²) in [6.45, 7) is 4.13. The van der Waals surface area contributed by atoms with Gasteiger partial charge >= 0.3 is 0 Å². The lowest BCUT2D eigenvalue weighted by Crippen LogP contribution is -2.35. The molecule has 1 aliphatic heterocycles. The van der Waals surface area contributed by atoms with Gasteiger partial charge in [0.15, 0.2) is 11.3 Å². The van der Waals surface area contributed by atoms with E-state index in [1.54, 1.807) is 35.2 Å². The second kappa shape index (κ2) is 8.05. The summed E-state index contributed by atoms with van der Waals surface area (Å²) in [5.41, 5.74) is 7.65. The highest BCUT2D eigenvalue weighted by atomic mass is 19.1. The zero-order valence-corrected chi connectivity index (χ0v) is 17.4. The molecule has 5 rings (SSSR count). The summed E-state index contributed by atoms with van der Waals surface area (Å²) in [7, 11) is 0. The van der Waals surface area contributed by atoms with E-state index in [1.165, 1.54) is 24.3 Å². The first-order valence-electron chi connectivity index (χ1n) is 10.2. The van der Waals surface area contributed by atoms with Crippen LogP contribution in [0.4, 0.5) is 18.9 Å². The average molecular weight is 448 g/mol. The highest BCUT2D eigenvalue weighted by Crippen LogP contribution is 2.25. The second-order valence-electron chi connectivity index (χ2n) is 7.69. The Hall–Kier alpha value is -4.20. The third kappa shape index (κ3) is 3.69. The van der Waals surface area contributed by atoms with Crippen molar-refractivity contribution in [3.8, 4) is 0 Å². The Balaban J connectivity index is 1.68. The molecule has 2 aromatic heterocycles. The van der Waals surface area contributed by atoms with Crippen molar-refractivity contribution in [3.63, 3.8) is 0 Å². The fraction of sp³-hybridized carbons (Fsp3) is 0.0800. The number of nitrogens with zero attached hydrogens (tertiary/aromatic N) is 2. The van der Waals surface area contributed by atoms with Crippen LogP contribution in [-0.4, -0.2) is 9.55 Å². The molecule has 0 saturated carbocycles. The molecule has 0 fully saturated rings. The molecule has 0 amide bonds. The predicted molar refractivity (Wildman–Crippen MR) is 120 cm³/mol. The minimum Gasteiger partial charge on any atom is -0.469 e. The maximum atomic E-state index is 14.8. The molecule has 33 heavy (non-hydrogen) atoms. The van der Waals surface area contributed by atoms with Gasteiger partial charge in [-0.2, -0.15) is 0 Å². The van der Waals surface area contributed by atoms with Crippen LogP contribution in [0.2, 0.25) is 0 Å². The Bertz CT molecular complexity index is 1480. The first-order valence-corrected chi connectivity index (χ1v) is 10.2. The molecular weight excluding hydrogens is 429 g/mol. The van der Waals surface area contributed by atoms with Gasteiger partial charge in [-0.05, 0) is 36.4 Å². The van der Waals surface area contributed by atoms with Crippen LogP contribution in [0, 0.1) is 17.5 Å². The first-order chi connectivity index (χ1) is 15.9. The number of halogens is 3. The van der Waals surface area contributed by atoms with Crippen LogP contribution in [0.1, 0.15) is 22.6 Å². The summed E-state index contributed by atoms with van der Waals surface area (Å²) < 4.78 is 50.8. The lowest BCUT2D eigenvalue weighted by molar-refractivity contribution is 0.519. The van der Waals surface area contributed by atoms with E-state index in [-0.39, 0.29) is 23.2 Å². The fourth-order valence-electron chi connectivity index (χ4n) is 3.86. The molecule has 0 unspecified atom stereocenters. The number of rotatable bonds is 5. The Morgan fingerprint density at radius 1 is 1.00 bits per heavy atom. The molecule has 3 heterocycles. The monoisotopic (exact) mass is 448 g/mol. The van der Waals surface area contributed by atoms with E-state index in [4.69, 9.17) is 10.2 Å². The van der Waals surface area contributed by atoms with Crippen molar-refractivity contribution < 1.29 is 17.6 Å². The number of aromatic nitrogens is 2. The molecule has 8 heteroatoms. The van der Waals surface area contributed by atoms with Crippen molar-refractivity contribution in [2.75, 3.05) is 5.73 Å². The van der Waals surface area contributed by atoms with Gasteiger partial charge in [0.05, 0.1) is 40.8 Å². The van der Waals surface area contributed by atoms with E-state index in [0.29, 0.717) is 40.1 Å². The van der Waals surface area contributed by atoms with E-state index in [0.717, 1.165) is 0 Å². The molecule has 0 spiro atoms. The minimum absolute atomic E-state index is 0.0123. The zero-order valence-electron chi connectivity index (χ0n) is 17.4. The molecule has 2 aromatic carbocycles. The quantitative estimate of drug-likeness (QED) is 0.460. The van der Waals surface area contributed by atoms with Gasteiger partial charge in [0.25, 0.3) is 0 Å². The number of hydrogen-bond donors (Lipinski definition) is 2. The van der Waals surface area contributed by atoms with Crippen LogP contribution in [0.15, 0.2) is 59.2 Å². The Morgan fingerprint density at radius 2 is 1.76 bits per heavy atom. The molecule has 0 aliphatic carbocycles. The Kier molecular flexibility index (Phi) is 5.05. The highest BCUT2D eigenvalue weighted by molar-refractivity contribution is 5.82. The van der Waals surface area contributed by atoms with Gasteiger partial charge in [-0.25, -0.2) is 18.2 Å². The molecule has 5 nitrogen and oxygen atoms in total. The zero-order chi connectivity index (χ0) is 23.1. The standard InChI is InChI=1S/C25H19F3N4O/c1-14-21(11-15-5-4-10-33-15)31-25-22(12-17-18(26)7-3-8-19(17)27)30-23(13-32(14)25)16-6-2-9-20(29)24(16)28/h2-10,13,30H,1,11-12,29H2. The molecule has 4 aromatic rings. The fourth-order valence-corrected chi connectivity index (χ4v) is 3.86. The smallest absolute Gasteiger partial charge is 0.157 e. The summed E-state index contributed by atoms with van der Waals surface area (Å²) in [6, 6.07) is 11.9. The largest absolute Gasteiger partial charge is 0.469 e. The summed E-state index contributed by atoms with van der Waals surface area (Å²) in [5, 5.41) is 3.66. The molecule has 0 atom stereocenters. The highest BCUT2D eigenvalue weighted by Gasteiger charge is 2.22. The maximum Gasteiger partial charge on any atom is 0.157 e. The molecule has 0 radical (unpaired) electrons. The van der Waals surface area contributed by atoms with Crippen molar-refractivity contribution >= 4 is 29.9 Å². The van der Waals surface area contributed by atoms with Gasteiger partial charge in [-0.3, -0.25) is 4.57 Å². The predicted octanol–water partition coefficient (Wildman–Crippen LogP) is 3.39. The van der Waals surface area contributed by atoms with Gasteiger partial charge < -0.3 is 15.5 Å². The topological polar surface area (TPSA) is 69.0 Å². The van der Waals surface area contributed by atoms with Crippen LogP contribution < -0.4 is 21.9 Å². The molecule has 166 valence electrons. The van der Waals surface area contributed by atoms with Crippen molar-refractivity contribution in [3.05, 3.63) is 106 Å². The molecule has 0 bridgehead atoms. The van der Waals surface area contributed by atoms with Gasteiger partial charge in [-0.1, -0.05) is 18.7 Å². The van der Waals surface area contributed by atoms with E-state index in [1.807, 2.05) is 6.07 Å². The number of nitrogens with two attached hydrogens (primary N) is 1. The average Bonchev–Trinajstić information content (AvgIpc) is 3.41. The maximum absolute atomic E-state index is 14.8. The minimum atomic E-state index is -0.681. The number of nitrogens with one attached hydrogen (secondary N) is 1. The van der Waals surface area contributed by atoms with Gasteiger partial charge in [-0.15, -0.1) is 0 Å². The summed E-state index contributed by atoms with van der Waals surface area (Å²) in [4.78, 5) is 4.66. The molecule has 0 saturated heterocycles. The lowest BCUT2D eigenvalue weighted by atomic mass is 10.1. The lowest BCUT2D eigenvalue weighted by Gasteiger charge is -2.20. The second-order valence-corrected chi connectivity index (χ2v) is 7.69. The third-order valence-corrected chi connectivity index (χ3v) is 5.56. The number of nitrogen functional groups attached to an aromatic ring is 1. The summed E-state index contributed by atoms with van der Waals surface area (Å²) >= 11 is 0. The SMILES string of the molecule is C=c1c(Cc2ccco2)nc2n1C=C(c1cccc(N)c1F)NC=2Cc1c(F)cccc1F. The van der Waals surface area contributed by atoms with Crippen LogP contribution in [-0.2, 0) is 12.8 Å². The number of furan rings is 1. The Morgan fingerprint density at radius 3 is 2.48 bits per heavy atom. The van der Waals surface area contributed by atoms with Crippen molar-refractivity contribution in [2.24, 2.45) is 0 Å². The Labute approximate surface area is 187 Å². The summed E-state index contributed by atoms with van der Waals surface area (Å²) in [5.74, 6) is -1.27. The number of anilines is 1. The van der Waals surface area contributed by atoms with E-state index < -0.39 is 17.5 Å². The normalized spacial score (nSPS) is 12.9. The molecule has 3 N–H and O–H groups in total. The third-order valence-electron chi connectivity index (χ3n) is 5.56. The first kappa shape index (κ1) is 20.7. The molecule has 1 aliphatic rings. The van der Waals surface area contributed by atoms with Crippen LogP contribution in [0.25, 0.3) is 24.2 Å². The van der Waals surface area contributed by atoms with Crippen LogP contribution >= 0.6 is 0 Å². The van der Waals surface area contributed by atoms with E-state index in [9.17, 15) is 13.2 Å². The van der Waals surface area contributed by atoms with Crippen LogP contribution in [0.3, 0.4) is 0 Å².